The maximum Gasteiger partial charge on any atom is 0.243 e. The van der Waals surface area contributed by atoms with Gasteiger partial charge in [0.25, 0.3) is 0 Å². The van der Waals surface area contributed by atoms with E-state index < -0.39 is 20.0 Å². The highest BCUT2D eigenvalue weighted by molar-refractivity contribution is 7.90. The Labute approximate surface area is 134 Å². The molecule has 11 heteroatoms. The van der Waals surface area contributed by atoms with Crippen LogP contribution >= 0.6 is 23.2 Å². The Morgan fingerprint density at radius 1 is 1.14 bits per heavy atom. The van der Waals surface area contributed by atoms with Crippen molar-refractivity contribution < 1.29 is 16.8 Å². The number of hydrogen-bond donors (Lipinski definition) is 2. The van der Waals surface area contributed by atoms with Gasteiger partial charge in [0.1, 0.15) is 4.90 Å². The third-order valence-corrected chi connectivity index (χ3v) is 6.71. The SMILES string of the molecule is CN(C)S(=O)(=O)CCNS(=O)(=O)c1c(Cl)cc(N)cc1Cl. The van der Waals surface area contributed by atoms with Gasteiger partial charge in [-0.15, -0.1) is 0 Å². The maximum absolute atomic E-state index is 12.1. The molecule has 0 radical (unpaired) electrons. The van der Waals surface area contributed by atoms with Crippen molar-refractivity contribution in [2.24, 2.45) is 0 Å². The molecule has 0 aromatic heterocycles. The molecule has 7 nitrogen and oxygen atoms in total. The van der Waals surface area contributed by atoms with Crippen LogP contribution in [-0.2, 0) is 20.0 Å². The fraction of sp³-hybridized carbons (Fsp3) is 0.400. The summed E-state index contributed by atoms with van der Waals surface area (Å²) < 4.78 is 50.5. The predicted molar refractivity (Wildman–Crippen MR) is 83.5 cm³/mol. The summed E-state index contributed by atoms with van der Waals surface area (Å²) in [5, 5.41) is -0.272. The van der Waals surface area contributed by atoms with E-state index in [2.05, 4.69) is 4.72 Å². The molecule has 120 valence electrons. The van der Waals surface area contributed by atoms with Crippen molar-refractivity contribution >= 4 is 48.9 Å². The van der Waals surface area contributed by atoms with Crippen molar-refractivity contribution in [1.82, 2.24) is 9.03 Å². The Hall–Kier alpha value is -0.580. The Bertz CT molecular complexity index is 710. The van der Waals surface area contributed by atoms with Crippen molar-refractivity contribution in [1.29, 1.82) is 0 Å². The van der Waals surface area contributed by atoms with E-state index in [0.717, 1.165) is 4.31 Å². The molecule has 0 amide bonds. The van der Waals surface area contributed by atoms with Crippen LogP contribution in [0.15, 0.2) is 17.0 Å². The molecule has 3 N–H and O–H groups in total. The van der Waals surface area contributed by atoms with Crippen LogP contribution in [0.3, 0.4) is 0 Å². The largest absolute Gasteiger partial charge is 0.399 e. The van der Waals surface area contributed by atoms with Gasteiger partial charge in [-0.05, 0) is 12.1 Å². The molecule has 1 rings (SSSR count). The van der Waals surface area contributed by atoms with E-state index >= 15 is 0 Å². The average molecular weight is 376 g/mol. The number of nitrogen functional groups attached to an aromatic ring is 1. The summed E-state index contributed by atoms with van der Waals surface area (Å²) in [5.74, 6) is -0.385. The summed E-state index contributed by atoms with van der Waals surface area (Å²) in [6, 6.07) is 2.50. The zero-order chi connectivity index (χ0) is 16.4. The van der Waals surface area contributed by atoms with Gasteiger partial charge in [0.2, 0.25) is 20.0 Å². The van der Waals surface area contributed by atoms with Gasteiger partial charge < -0.3 is 5.73 Å². The van der Waals surface area contributed by atoms with E-state index in [-0.39, 0.29) is 32.9 Å². The van der Waals surface area contributed by atoms with Crippen LogP contribution in [0.2, 0.25) is 10.0 Å². The fourth-order valence-corrected chi connectivity index (χ4v) is 4.51. The Morgan fingerprint density at radius 2 is 1.62 bits per heavy atom. The zero-order valence-corrected chi connectivity index (χ0v) is 14.4. The predicted octanol–water partition coefficient (Wildman–Crippen LogP) is 0.745. The highest BCUT2D eigenvalue weighted by Crippen LogP contribution is 2.31. The number of benzene rings is 1. The molecule has 0 heterocycles. The fourth-order valence-electron chi connectivity index (χ4n) is 1.40. The van der Waals surface area contributed by atoms with Crippen LogP contribution in [0, 0.1) is 0 Å². The van der Waals surface area contributed by atoms with Crippen molar-refractivity contribution in [2.45, 2.75) is 4.90 Å². The van der Waals surface area contributed by atoms with E-state index in [0.29, 0.717) is 0 Å². The highest BCUT2D eigenvalue weighted by Gasteiger charge is 2.23. The molecule has 0 aliphatic heterocycles. The summed E-state index contributed by atoms with van der Waals surface area (Å²) in [6.07, 6.45) is 0. The van der Waals surface area contributed by atoms with Crippen LogP contribution in [0.25, 0.3) is 0 Å². The minimum atomic E-state index is -4.04. The van der Waals surface area contributed by atoms with E-state index in [9.17, 15) is 16.8 Å². The highest BCUT2D eigenvalue weighted by atomic mass is 35.5. The molecule has 0 aliphatic rings. The van der Waals surface area contributed by atoms with Gasteiger partial charge in [-0.25, -0.2) is 25.9 Å². The van der Waals surface area contributed by atoms with Gasteiger partial charge in [0, 0.05) is 26.3 Å². The first kappa shape index (κ1) is 18.5. The van der Waals surface area contributed by atoms with E-state index in [4.69, 9.17) is 28.9 Å². The topological polar surface area (TPSA) is 110 Å². The molecule has 0 spiro atoms. The molecule has 1 aromatic carbocycles. The van der Waals surface area contributed by atoms with Crippen LogP contribution in [0.1, 0.15) is 0 Å². The number of halogens is 2. The third kappa shape index (κ3) is 4.70. The lowest BCUT2D eigenvalue weighted by Gasteiger charge is -2.13. The number of anilines is 1. The molecule has 1 aromatic rings. The van der Waals surface area contributed by atoms with Gasteiger partial charge >= 0.3 is 0 Å². The third-order valence-electron chi connectivity index (χ3n) is 2.50. The lowest BCUT2D eigenvalue weighted by molar-refractivity contribution is 0.519. The standard InChI is InChI=1S/C10H15Cl2N3O4S2/c1-15(2)20(16,17)4-3-14-21(18,19)10-8(11)5-7(13)6-9(10)12/h5-6,14H,3-4,13H2,1-2H3. The second-order valence-electron chi connectivity index (χ2n) is 4.31. The van der Waals surface area contributed by atoms with E-state index in [1.165, 1.54) is 26.2 Å². The number of nitrogens with two attached hydrogens (primary N) is 1. The quantitative estimate of drug-likeness (QED) is 0.712. The van der Waals surface area contributed by atoms with Crippen LogP contribution < -0.4 is 10.5 Å². The lowest BCUT2D eigenvalue weighted by atomic mass is 10.3. The minimum Gasteiger partial charge on any atom is -0.399 e. The molecule has 0 bridgehead atoms. The first-order valence-electron chi connectivity index (χ1n) is 5.62. The van der Waals surface area contributed by atoms with Crippen molar-refractivity contribution in [3.05, 3.63) is 22.2 Å². The Balaban J connectivity index is 2.95. The smallest absolute Gasteiger partial charge is 0.243 e. The number of nitrogens with one attached hydrogen (secondary N) is 1. The Kier molecular flexibility index (Phi) is 5.87. The van der Waals surface area contributed by atoms with E-state index in [1.807, 2.05) is 0 Å². The van der Waals surface area contributed by atoms with Crippen molar-refractivity contribution in [3.63, 3.8) is 0 Å². The number of nitrogens with zero attached hydrogens (tertiary/aromatic N) is 1. The van der Waals surface area contributed by atoms with Crippen molar-refractivity contribution in [3.8, 4) is 0 Å². The summed E-state index contributed by atoms with van der Waals surface area (Å²) in [6.45, 7) is -0.306. The van der Waals surface area contributed by atoms with Crippen molar-refractivity contribution in [2.75, 3.05) is 32.1 Å². The van der Waals surface area contributed by atoms with E-state index in [1.54, 1.807) is 0 Å². The average Bonchev–Trinajstić information content (AvgIpc) is 2.25. The zero-order valence-electron chi connectivity index (χ0n) is 11.3. The van der Waals surface area contributed by atoms with Gasteiger partial charge in [0.05, 0.1) is 15.8 Å². The maximum atomic E-state index is 12.1. The van der Waals surface area contributed by atoms with Gasteiger partial charge in [-0.2, -0.15) is 0 Å². The molecule has 0 saturated carbocycles. The molecule has 21 heavy (non-hydrogen) atoms. The second kappa shape index (κ2) is 6.67. The first-order chi connectivity index (χ1) is 9.47. The van der Waals surface area contributed by atoms with Gasteiger partial charge in [0.15, 0.2) is 0 Å². The lowest BCUT2D eigenvalue weighted by Crippen LogP contribution is -2.34. The van der Waals surface area contributed by atoms with Crippen LogP contribution in [0.4, 0.5) is 5.69 Å². The molecule has 0 saturated heterocycles. The molecule has 0 unspecified atom stereocenters. The summed E-state index contributed by atoms with van der Waals surface area (Å²) in [7, 11) is -4.83. The molecule has 0 aliphatic carbocycles. The Morgan fingerprint density at radius 3 is 2.05 bits per heavy atom. The first-order valence-corrected chi connectivity index (χ1v) is 9.46. The molecule has 0 atom stereocenters. The van der Waals surface area contributed by atoms with Gasteiger partial charge in [-0.3, -0.25) is 0 Å². The number of rotatable bonds is 6. The normalized spacial score (nSPS) is 12.8. The molecular weight excluding hydrogens is 361 g/mol. The summed E-state index contributed by atoms with van der Waals surface area (Å²) in [4.78, 5) is -0.331. The molecule has 0 fully saturated rings. The summed E-state index contributed by atoms with van der Waals surface area (Å²) >= 11 is 11.7. The van der Waals surface area contributed by atoms with Crippen LogP contribution in [-0.4, -0.2) is 47.5 Å². The van der Waals surface area contributed by atoms with Gasteiger partial charge in [-0.1, -0.05) is 23.2 Å². The number of hydrogen-bond acceptors (Lipinski definition) is 5. The van der Waals surface area contributed by atoms with Crippen LogP contribution in [0.5, 0.6) is 0 Å². The minimum absolute atomic E-state index is 0.136. The summed E-state index contributed by atoms with van der Waals surface area (Å²) in [5.41, 5.74) is 5.71. The number of sulfonamides is 2. The molecular formula is C10H15Cl2N3O4S2. The second-order valence-corrected chi connectivity index (χ2v) is 9.13. The monoisotopic (exact) mass is 375 g/mol.